The number of benzene rings is 2. The third-order valence-electron chi connectivity index (χ3n) is 6.05. The number of ether oxygens (including phenoxy) is 1. The van der Waals surface area contributed by atoms with Crippen LogP contribution in [0.3, 0.4) is 0 Å². The number of hydrogen-bond donors (Lipinski definition) is 1. The van der Waals surface area contributed by atoms with Gasteiger partial charge in [-0.2, -0.15) is 0 Å². The molecule has 1 saturated heterocycles. The summed E-state index contributed by atoms with van der Waals surface area (Å²) >= 11 is 0. The molecule has 1 fully saturated rings. The first-order valence-corrected chi connectivity index (χ1v) is 10.9. The number of anilines is 1. The van der Waals surface area contributed by atoms with Gasteiger partial charge in [-0.15, -0.1) is 0 Å². The first-order valence-electron chi connectivity index (χ1n) is 10.9. The third-order valence-corrected chi connectivity index (χ3v) is 6.05. The second kappa shape index (κ2) is 8.72. The van der Waals surface area contributed by atoms with Crippen molar-refractivity contribution < 1.29 is 13.5 Å². The van der Waals surface area contributed by atoms with Gasteiger partial charge in [0.05, 0.1) is 25.1 Å². The van der Waals surface area contributed by atoms with Gasteiger partial charge < -0.3 is 15.4 Å². The van der Waals surface area contributed by atoms with Crippen LogP contribution < -0.4 is 15.4 Å². The Morgan fingerprint density at radius 1 is 1.15 bits per heavy atom. The Morgan fingerprint density at radius 2 is 1.94 bits per heavy atom. The zero-order valence-corrected chi connectivity index (χ0v) is 18.5. The van der Waals surface area contributed by atoms with E-state index in [1.165, 1.54) is 25.3 Å². The van der Waals surface area contributed by atoms with E-state index in [0.29, 0.717) is 40.5 Å². The second-order valence-corrected chi connectivity index (χ2v) is 8.23. The largest absolute Gasteiger partial charge is 0.494 e. The average molecular weight is 460 g/mol. The van der Waals surface area contributed by atoms with Crippen molar-refractivity contribution in [2.75, 3.05) is 25.1 Å². The molecule has 1 aliphatic heterocycles. The maximum Gasteiger partial charge on any atom is 0.222 e. The van der Waals surface area contributed by atoms with Crippen LogP contribution in [0.15, 0.2) is 48.8 Å². The Morgan fingerprint density at radius 3 is 2.65 bits per heavy atom. The van der Waals surface area contributed by atoms with Crippen molar-refractivity contribution in [3.8, 4) is 28.3 Å². The fraction of sp³-hybridized carbons (Fsp3) is 0.240. The summed E-state index contributed by atoms with van der Waals surface area (Å²) in [7, 11) is 1.40. The van der Waals surface area contributed by atoms with E-state index in [1.807, 2.05) is 4.40 Å². The summed E-state index contributed by atoms with van der Waals surface area (Å²) in [6, 6.07) is 9.03. The Labute approximate surface area is 195 Å². The second-order valence-electron chi connectivity index (χ2n) is 8.23. The van der Waals surface area contributed by atoms with Gasteiger partial charge in [0.25, 0.3) is 0 Å². The summed E-state index contributed by atoms with van der Waals surface area (Å²) in [6.45, 7) is 8.58. The highest BCUT2D eigenvalue weighted by atomic mass is 19.1. The van der Waals surface area contributed by atoms with E-state index in [1.54, 1.807) is 30.6 Å². The predicted molar refractivity (Wildman–Crippen MR) is 126 cm³/mol. The van der Waals surface area contributed by atoms with Crippen LogP contribution in [0.1, 0.15) is 12.8 Å². The Hall–Kier alpha value is -4.03. The molecule has 0 unspecified atom stereocenters. The summed E-state index contributed by atoms with van der Waals surface area (Å²) in [6.07, 6.45) is 5.31. The summed E-state index contributed by atoms with van der Waals surface area (Å²) in [5, 5.41) is 0. The number of methoxy groups -OCH3 is 1. The van der Waals surface area contributed by atoms with Crippen molar-refractivity contribution in [1.82, 2.24) is 14.4 Å². The van der Waals surface area contributed by atoms with Crippen molar-refractivity contribution in [2.45, 2.75) is 18.9 Å². The number of fused-ring (bicyclic) bond motifs is 1. The molecule has 2 N–H and O–H groups in total. The highest BCUT2D eigenvalue weighted by Crippen LogP contribution is 2.37. The topological polar surface area (TPSA) is 73.0 Å². The number of rotatable bonds is 4. The molecule has 2 aromatic heterocycles. The lowest BCUT2D eigenvalue weighted by Crippen LogP contribution is -2.43. The number of nitrogens with zero attached hydrogens (tertiary/aromatic N) is 5. The van der Waals surface area contributed by atoms with Crippen molar-refractivity contribution in [3.63, 3.8) is 0 Å². The van der Waals surface area contributed by atoms with Gasteiger partial charge >= 0.3 is 0 Å². The lowest BCUT2D eigenvalue weighted by molar-refractivity contribution is 0.386. The minimum absolute atomic E-state index is 0.0376. The predicted octanol–water partition coefficient (Wildman–Crippen LogP) is 4.83. The molecular formula is C25H22F2N6O. The molecule has 1 atom stereocenters. The van der Waals surface area contributed by atoms with Gasteiger partial charge in [0.1, 0.15) is 5.82 Å². The molecule has 0 spiro atoms. The van der Waals surface area contributed by atoms with E-state index in [0.717, 1.165) is 19.4 Å². The van der Waals surface area contributed by atoms with E-state index in [-0.39, 0.29) is 17.5 Å². The minimum atomic E-state index is -0.642. The van der Waals surface area contributed by atoms with Crippen LogP contribution in [0.2, 0.25) is 0 Å². The number of nitrogens with two attached hydrogens (primary N) is 1. The fourth-order valence-corrected chi connectivity index (χ4v) is 4.42. The van der Waals surface area contributed by atoms with Crippen LogP contribution in [0.4, 0.5) is 20.3 Å². The number of imidazole rings is 1. The molecule has 172 valence electrons. The molecule has 0 saturated carbocycles. The van der Waals surface area contributed by atoms with Crippen LogP contribution in [-0.2, 0) is 0 Å². The zero-order valence-electron chi connectivity index (χ0n) is 18.5. The van der Waals surface area contributed by atoms with Gasteiger partial charge in [-0.25, -0.2) is 23.6 Å². The molecular weight excluding hydrogens is 438 g/mol. The van der Waals surface area contributed by atoms with Crippen molar-refractivity contribution in [1.29, 1.82) is 0 Å². The van der Waals surface area contributed by atoms with Gasteiger partial charge in [-0.05, 0) is 37.1 Å². The lowest BCUT2D eigenvalue weighted by atomic mass is 10.0. The maximum absolute atomic E-state index is 14.7. The molecule has 0 bridgehead atoms. The Bertz CT molecular complexity index is 1430. The quantitative estimate of drug-likeness (QED) is 0.442. The molecule has 9 heteroatoms. The van der Waals surface area contributed by atoms with Gasteiger partial charge in [0, 0.05) is 42.7 Å². The highest BCUT2D eigenvalue weighted by molar-refractivity contribution is 5.85. The maximum atomic E-state index is 14.7. The first kappa shape index (κ1) is 21.8. The average Bonchev–Trinajstić information content (AvgIpc) is 3.23. The summed E-state index contributed by atoms with van der Waals surface area (Å²) < 4.78 is 36.1. The smallest absolute Gasteiger partial charge is 0.222 e. The van der Waals surface area contributed by atoms with Crippen LogP contribution in [0.5, 0.6) is 5.75 Å². The van der Waals surface area contributed by atoms with E-state index < -0.39 is 11.6 Å². The molecule has 0 radical (unpaired) electrons. The number of piperidine rings is 1. The van der Waals surface area contributed by atoms with E-state index >= 15 is 0 Å². The Kier molecular flexibility index (Phi) is 5.59. The van der Waals surface area contributed by atoms with Crippen molar-refractivity contribution in [2.24, 2.45) is 5.73 Å². The Balaban J connectivity index is 1.76. The van der Waals surface area contributed by atoms with Crippen LogP contribution in [0, 0.1) is 18.2 Å². The first-order chi connectivity index (χ1) is 16.5. The molecule has 34 heavy (non-hydrogen) atoms. The number of hydrogen-bond acceptors (Lipinski definition) is 5. The SMILES string of the molecule is [C-]#[N+]c1ccc(-c2nc3c(N4CCC[C@@H](N)C4)nccn3c2-c2ccc(OC)c(F)c2)cc1F. The van der Waals surface area contributed by atoms with Crippen molar-refractivity contribution >= 4 is 17.2 Å². The van der Waals surface area contributed by atoms with Crippen LogP contribution in [-0.4, -0.2) is 40.6 Å². The molecule has 2 aromatic carbocycles. The molecule has 3 heterocycles. The van der Waals surface area contributed by atoms with Gasteiger partial charge in [0.15, 0.2) is 23.0 Å². The van der Waals surface area contributed by atoms with Gasteiger partial charge in [0.2, 0.25) is 5.69 Å². The third kappa shape index (κ3) is 3.72. The molecule has 0 amide bonds. The standard InChI is InChI=1S/C25H22F2N6O/c1-29-20-7-5-15(12-18(20)26)22-23(16-6-8-21(34-2)19(27)13-16)33-11-9-30-24(25(33)31-22)32-10-3-4-17(28)14-32/h5-9,11-13,17H,3-4,10,14,28H2,2H3/t17-/m1/s1. The highest BCUT2D eigenvalue weighted by Gasteiger charge is 2.25. The lowest BCUT2D eigenvalue weighted by Gasteiger charge is -2.31. The van der Waals surface area contributed by atoms with Crippen molar-refractivity contribution in [3.05, 3.63) is 71.8 Å². The molecule has 5 rings (SSSR count). The summed E-state index contributed by atoms with van der Waals surface area (Å²) in [5.41, 5.74) is 8.74. The van der Waals surface area contributed by atoms with Gasteiger partial charge in [-0.1, -0.05) is 12.1 Å². The normalized spacial score (nSPS) is 16.0. The zero-order chi connectivity index (χ0) is 23.8. The van der Waals surface area contributed by atoms with Crippen LogP contribution in [0.25, 0.3) is 33.0 Å². The minimum Gasteiger partial charge on any atom is -0.494 e. The molecule has 0 aliphatic carbocycles. The van der Waals surface area contributed by atoms with E-state index in [4.69, 9.17) is 22.0 Å². The van der Waals surface area contributed by atoms with Gasteiger partial charge in [-0.3, -0.25) is 4.40 Å². The monoisotopic (exact) mass is 460 g/mol. The van der Waals surface area contributed by atoms with E-state index in [9.17, 15) is 8.78 Å². The molecule has 1 aliphatic rings. The molecule has 4 aromatic rings. The number of halogens is 2. The summed E-state index contributed by atoms with van der Waals surface area (Å²) in [5.74, 6) is -0.378. The van der Waals surface area contributed by atoms with Crippen LogP contribution >= 0.6 is 0 Å². The fourth-order valence-electron chi connectivity index (χ4n) is 4.42. The number of aromatic nitrogens is 3. The van der Waals surface area contributed by atoms with E-state index in [2.05, 4.69) is 14.7 Å². The summed E-state index contributed by atoms with van der Waals surface area (Å²) in [4.78, 5) is 14.7. The molecule has 7 nitrogen and oxygen atoms in total.